The fraction of sp³-hybridized carbons (Fsp3) is 0.250. The summed E-state index contributed by atoms with van der Waals surface area (Å²) in [6.45, 7) is 5.28. The Morgan fingerprint density at radius 3 is 2.71 bits per heavy atom. The molecule has 0 saturated heterocycles. The van der Waals surface area contributed by atoms with Crippen LogP contribution in [0.3, 0.4) is 0 Å². The maximum Gasteiger partial charge on any atom is 0.345 e. The van der Waals surface area contributed by atoms with Gasteiger partial charge in [0.25, 0.3) is 0 Å². The fourth-order valence-electron chi connectivity index (χ4n) is 2.63. The lowest BCUT2D eigenvalue weighted by atomic mass is 10.0. The van der Waals surface area contributed by atoms with Gasteiger partial charge >= 0.3 is 5.97 Å². The second-order valence-electron chi connectivity index (χ2n) is 4.86. The molecule has 2 heterocycles. The molecule has 0 aliphatic carbocycles. The zero-order chi connectivity index (χ0) is 15.1. The number of fused-ring (bicyclic) bond motifs is 3. The number of ether oxygens (including phenoxy) is 1. The van der Waals surface area contributed by atoms with Crippen molar-refractivity contribution in [1.82, 2.24) is 0 Å². The largest absolute Gasteiger partial charge is 0.618 e. The minimum atomic E-state index is -0.504. The standard InChI is InChI=1S/C16H15NO4/c1-4-20-16(18)13-9(2)17(19)10(3)15-14(13)11-7-5-6-8-12(11)21-15/h5-8H,4H2,1-3H3. The fourth-order valence-corrected chi connectivity index (χ4v) is 2.63. The average molecular weight is 285 g/mol. The van der Waals surface area contributed by atoms with Gasteiger partial charge in [-0.25, -0.2) is 4.79 Å². The van der Waals surface area contributed by atoms with Gasteiger partial charge in [0.15, 0.2) is 0 Å². The molecule has 0 aliphatic heterocycles. The molecule has 0 aliphatic rings. The maximum atomic E-state index is 12.3. The predicted molar refractivity (Wildman–Crippen MR) is 78.1 cm³/mol. The molecular formula is C16H15NO4. The molecule has 3 aromatic rings. The van der Waals surface area contributed by atoms with Gasteiger partial charge in [-0.05, 0) is 13.0 Å². The highest BCUT2D eigenvalue weighted by Crippen LogP contribution is 2.33. The molecule has 0 unspecified atom stereocenters. The summed E-state index contributed by atoms with van der Waals surface area (Å²) in [5.41, 5.74) is 2.11. The van der Waals surface area contributed by atoms with E-state index in [1.165, 1.54) is 0 Å². The number of para-hydroxylation sites is 1. The normalized spacial score (nSPS) is 11.2. The highest BCUT2D eigenvalue weighted by atomic mass is 16.5. The van der Waals surface area contributed by atoms with E-state index in [1.807, 2.05) is 24.3 Å². The molecule has 0 atom stereocenters. The lowest BCUT2D eigenvalue weighted by Crippen LogP contribution is -2.36. The van der Waals surface area contributed by atoms with E-state index in [-0.39, 0.29) is 12.2 Å². The van der Waals surface area contributed by atoms with Crippen molar-refractivity contribution in [3.8, 4) is 0 Å². The second kappa shape index (κ2) is 4.77. The maximum absolute atomic E-state index is 12.3. The van der Waals surface area contributed by atoms with Crippen LogP contribution in [0.2, 0.25) is 0 Å². The molecule has 0 N–H and O–H groups in total. The predicted octanol–water partition coefficient (Wildman–Crippen LogP) is 3.01. The number of nitrogens with zero attached hydrogens (tertiary/aromatic N) is 1. The van der Waals surface area contributed by atoms with Crippen LogP contribution in [-0.2, 0) is 4.74 Å². The topological polar surface area (TPSA) is 66.4 Å². The molecule has 5 heteroatoms. The Kier molecular flexibility index (Phi) is 3.05. The molecule has 21 heavy (non-hydrogen) atoms. The van der Waals surface area contributed by atoms with Gasteiger partial charge in [0.1, 0.15) is 11.1 Å². The summed E-state index contributed by atoms with van der Waals surface area (Å²) in [5, 5.41) is 13.7. The summed E-state index contributed by atoms with van der Waals surface area (Å²) >= 11 is 0. The van der Waals surface area contributed by atoms with Crippen molar-refractivity contribution >= 4 is 27.9 Å². The van der Waals surface area contributed by atoms with Crippen molar-refractivity contribution in [3.63, 3.8) is 0 Å². The first-order chi connectivity index (χ1) is 10.1. The third-order valence-electron chi connectivity index (χ3n) is 3.62. The molecule has 108 valence electrons. The molecule has 3 rings (SSSR count). The van der Waals surface area contributed by atoms with Gasteiger partial charge in [0.2, 0.25) is 17.0 Å². The molecule has 1 aromatic carbocycles. The summed E-state index contributed by atoms with van der Waals surface area (Å²) in [4.78, 5) is 12.3. The van der Waals surface area contributed by atoms with Gasteiger partial charge in [0, 0.05) is 19.2 Å². The number of pyridine rings is 1. The van der Waals surface area contributed by atoms with Gasteiger partial charge in [0.05, 0.1) is 12.0 Å². The number of hydrogen-bond acceptors (Lipinski definition) is 4. The Labute approximate surface area is 121 Å². The number of furan rings is 1. The summed E-state index contributed by atoms with van der Waals surface area (Å²) < 4.78 is 11.6. The van der Waals surface area contributed by atoms with E-state index >= 15 is 0 Å². The SMILES string of the molecule is CCOC(=O)c1c(C)[n+]([O-])c(C)c2oc3ccccc3c12. The highest BCUT2D eigenvalue weighted by molar-refractivity contribution is 6.15. The molecule has 2 aromatic heterocycles. The monoisotopic (exact) mass is 285 g/mol. The van der Waals surface area contributed by atoms with Crippen LogP contribution in [0.1, 0.15) is 28.7 Å². The van der Waals surface area contributed by atoms with Crippen LogP contribution in [0, 0.1) is 19.1 Å². The van der Waals surface area contributed by atoms with E-state index in [9.17, 15) is 10.0 Å². The lowest BCUT2D eigenvalue weighted by Gasteiger charge is -2.10. The highest BCUT2D eigenvalue weighted by Gasteiger charge is 2.28. The first kappa shape index (κ1) is 13.4. The Morgan fingerprint density at radius 1 is 1.29 bits per heavy atom. The molecule has 0 fully saturated rings. The average Bonchev–Trinajstić information content (AvgIpc) is 2.85. The first-order valence-corrected chi connectivity index (χ1v) is 6.77. The van der Waals surface area contributed by atoms with Crippen LogP contribution < -0.4 is 4.73 Å². The Bertz CT molecular complexity index is 864. The zero-order valence-electron chi connectivity index (χ0n) is 12.1. The smallest absolute Gasteiger partial charge is 0.345 e. The van der Waals surface area contributed by atoms with Crippen molar-refractivity contribution in [2.75, 3.05) is 6.61 Å². The lowest BCUT2D eigenvalue weighted by molar-refractivity contribution is -0.618. The van der Waals surface area contributed by atoms with Gasteiger partial charge in [-0.3, -0.25) is 0 Å². The van der Waals surface area contributed by atoms with Crippen LogP contribution in [0.15, 0.2) is 28.7 Å². The Hall–Kier alpha value is -2.56. The third kappa shape index (κ3) is 1.85. The number of esters is 1. The van der Waals surface area contributed by atoms with E-state index < -0.39 is 5.97 Å². The molecule has 0 radical (unpaired) electrons. The van der Waals surface area contributed by atoms with Crippen LogP contribution in [-0.4, -0.2) is 12.6 Å². The van der Waals surface area contributed by atoms with Gasteiger partial charge < -0.3 is 14.4 Å². The quantitative estimate of drug-likeness (QED) is 0.412. The Morgan fingerprint density at radius 2 is 2.00 bits per heavy atom. The zero-order valence-corrected chi connectivity index (χ0v) is 12.1. The number of carbonyl (C=O) groups excluding carboxylic acids is 1. The van der Waals surface area contributed by atoms with Crippen molar-refractivity contribution in [1.29, 1.82) is 0 Å². The molecule has 5 nitrogen and oxygen atoms in total. The summed E-state index contributed by atoms with van der Waals surface area (Å²) in [6, 6.07) is 7.41. The Balaban J connectivity index is 2.52. The van der Waals surface area contributed by atoms with E-state index in [2.05, 4.69) is 0 Å². The third-order valence-corrected chi connectivity index (χ3v) is 3.62. The van der Waals surface area contributed by atoms with E-state index in [4.69, 9.17) is 9.15 Å². The van der Waals surface area contributed by atoms with Crippen molar-refractivity contribution in [2.45, 2.75) is 20.8 Å². The summed E-state index contributed by atoms with van der Waals surface area (Å²) in [5.74, 6) is -0.504. The summed E-state index contributed by atoms with van der Waals surface area (Å²) in [6.07, 6.45) is 0. The van der Waals surface area contributed by atoms with Crippen molar-refractivity contribution < 1.29 is 18.7 Å². The van der Waals surface area contributed by atoms with Crippen LogP contribution in [0.4, 0.5) is 0 Å². The van der Waals surface area contributed by atoms with Crippen LogP contribution in [0.25, 0.3) is 21.9 Å². The van der Waals surface area contributed by atoms with E-state index in [0.717, 1.165) is 10.1 Å². The number of aromatic nitrogens is 1. The van der Waals surface area contributed by atoms with Gasteiger partial charge in [-0.1, -0.05) is 18.2 Å². The van der Waals surface area contributed by atoms with Gasteiger partial charge in [-0.2, -0.15) is 4.73 Å². The minimum Gasteiger partial charge on any atom is -0.618 e. The van der Waals surface area contributed by atoms with Crippen molar-refractivity contribution in [3.05, 3.63) is 46.4 Å². The number of carbonyl (C=O) groups is 1. The number of aryl methyl sites for hydroxylation is 1. The van der Waals surface area contributed by atoms with Gasteiger partial charge in [-0.15, -0.1) is 0 Å². The van der Waals surface area contributed by atoms with Crippen LogP contribution in [0.5, 0.6) is 0 Å². The second-order valence-corrected chi connectivity index (χ2v) is 4.86. The summed E-state index contributed by atoms with van der Waals surface area (Å²) in [7, 11) is 0. The molecular weight excluding hydrogens is 270 g/mol. The molecule has 0 saturated carbocycles. The number of hydrogen-bond donors (Lipinski definition) is 0. The van der Waals surface area contributed by atoms with E-state index in [1.54, 1.807) is 20.8 Å². The van der Waals surface area contributed by atoms with E-state index in [0.29, 0.717) is 27.9 Å². The molecule has 0 bridgehead atoms. The first-order valence-electron chi connectivity index (χ1n) is 6.77. The number of benzene rings is 1. The number of rotatable bonds is 2. The molecule has 0 amide bonds. The van der Waals surface area contributed by atoms with Crippen LogP contribution >= 0.6 is 0 Å². The van der Waals surface area contributed by atoms with Crippen molar-refractivity contribution in [2.24, 2.45) is 0 Å². The minimum absolute atomic E-state index is 0.252. The molecule has 0 spiro atoms.